The van der Waals surface area contributed by atoms with E-state index in [4.69, 9.17) is 23.2 Å². The standard InChI is InChI=1S/C12H12N2.2C12H11N2.2C3H8O.CHF3O3S.2Ir/c3*1-9-5-7-14-12(8-9)11-4-3-6-13-10(11)2;2*1-3(2)4;2-1(3,4)8(5,6)7;;/h3-8H,1-2H3;2*3,5-8H,1-2H3;2*3-4H,1-2H3;(H,5,6,7);;/q;2*-1;;;;;/p-1. The van der Waals surface area contributed by atoms with Gasteiger partial charge in [-0.1, -0.05) is 49.5 Å². The maximum Gasteiger partial charge on any atom is 0.485 e. The molecule has 0 saturated heterocycles. The fourth-order valence-corrected chi connectivity index (χ4v) is 4.18. The molecule has 0 saturated carbocycles. The predicted molar refractivity (Wildman–Crippen MR) is 219 cm³/mol. The van der Waals surface area contributed by atoms with E-state index in [0.29, 0.717) is 0 Å². The molecule has 0 aliphatic heterocycles. The van der Waals surface area contributed by atoms with E-state index in [-0.39, 0.29) is 52.4 Å². The molecular weight excluding hydrogens is 1150 g/mol. The van der Waals surface area contributed by atoms with Gasteiger partial charge in [0.25, 0.3) is 0 Å². The van der Waals surface area contributed by atoms with Crippen molar-refractivity contribution in [1.82, 2.24) is 29.9 Å². The third-order valence-corrected chi connectivity index (χ3v) is 7.26. The number of aliphatic hydroxyl groups is 2. The minimum atomic E-state index is -6.09. The van der Waals surface area contributed by atoms with E-state index in [1.165, 1.54) is 16.7 Å². The van der Waals surface area contributed by atoms with Gasteiger partial charge in [-0.15, -0.1) is 35.4 Å². The van der Waals surface area contributed by atoms with Gasteiger partial charge in [0.1, 0.15) is 0 Å². The second kappa shape index (κ2) is 29.1. The third kappa shape index (κ3) is 23.6. The molecule has 6 rings (SSSR count). The molecule has 60 heavy (non-hydrogen) atoms. The van der Waals surface area contributed by atoms with Gasteiger partial charge in [-0.3, -0.25) is 9.97 Å². The van der Waals surface area contributed by atoms with Crippen LogP contribution in [0, 0.1) is 53.7 Å². The summed E-state index contributed by atoms with van der Waals surface area (Å²) in [4.78, 5) is 25.6. The van der Waals surface area contributed by atoms with E-state index in [1.807, 2.05) is 94.0 Å². The Labute approximate surface area is 378 Å². The molecule has 0 aromatic carbocycles. The van der Waals surface area contributed by atoms with Gasteiger partial charge in [-0.05, 0) is 120 Å². The second-order valence-electron chi connectivity index (χ2n) is 13.0. The zero-order valence-electron chi connectivity index (χ0n) is 34.9. The van der Waals surface area contributed by atoms with Gasteiger partial charge in [-0.2, -0.15) is 13.2 Å². The maximum atomic E-state index is 10.7. The van der Waals surface area contributed by atoms with Crippen molar-refractivity contribution in [2.24, 2.45) is 0 Å². The van der Waals surface area contributed by atoms with Crippen LogP contribution in [0.15, 0.2) is 97.8 Å². The topological polar surface area (TPSA) is 175 Å². The Balaban J connectivity index is 0. The van der Waals surface area contributed by atoms with Crippen LogP contribution in [0.25, 0.3) is 33.8 Å². The molecule has 0 unspecified atom stereocenters. The molecule has 6 aromatic rings. The summed E-state index contributed by atoms with van der Waals surface area (Å²) >= 11 is 0. The Bertz CT molecular complexity index is 2030. The van der Waals surface area contributed by atoms with Crippen molar-refractivity contribution < 1.29 is 76.6 Å². The molecule has 0 fully saturated rings. The first kappa shape index (κ1) is 57.9. The molecule has 330 valence electrons. The first-order valence-electron chi connectivity index (χ1n) is 17.8. The van der Waals surface area contributed by atoms with E-state index < -0.39 is 15.6 Å². The van der Waals surface area contributed by atoms with E-state index in [1.54, 1.807) is 46.3 Å². The number of hydrogen-bond donors (Lipinski definition) is 2. The van der Waals surface area contributed by atoms with Gasteiger partial charge in [-0.25, -0.2) is 8.42 Å². The van der Waals surface area contributed by atoms with Crippen molar-refractivity contribution in [2.45, 2.75) is 87.0 Å². The molecule has 2 radical (unpaired) electrons. The van der Waals surface area contributed by atoms with Crippen LogP contribution in [-0.4, -0.2) is 70.8 Å². The molecule has 11 nitrogen and oxygen atoms in total. The Hall–Kier alpha value is -4.18. The van der Waals surface area contributed by atoms with Crippen LogP contribution in [-0.2, 0) is 50.3 Å². The summed E-state index contributed by atoms with van der Waals surface area (Å²) in [5, 5.41) is 16.1. The molecule has 0 aliphatic carbocycles. The smallest absolute Gasteiger partial charge is 0.485 e. The Morgan fingerprint density at radius 3 is 1.18 bits per heavy atom. The molecule has 0 spiro atoms. The maximum absolute atomic E-state index is 10.7. The molecule has 0 bridgehead atoms. The normalized spacial score (nSPS) is 10.2. The van der Waals surface area contributed by atoms with Gasteiger partial charge < -0.3 is 34.7 Å². The number of pyridine rings is 6. The molecule has 6 aromatic heterocycles. The monoisotopic (exact) mass is 1210 g/mol. The van der Waals surface area contributed by atoms with Crippen molar-refractivity contribution in [3.63, 3.8) is 0 Å². The van der Waals surface area contributed by atoms with Gasteiger partial charge in [0, 0.05) is 88.5 Å². The van der Waals surface area contributed by atoms with E-state index in [2.05, 4.69) is 68.9 Å². The van der Waals surface area contributed by atoms with Crippen LogP contribution in [0.2, 0.25) is 0 Å². The van der Waals surface area contributed by atoms with Crippen molar-refractivity contribution >= 4 is 10.1 Å². The first-order chi connectivity index (χ1) is 27.0. The summed E-state index contributed by atoms with van der Waals surface area (Å²) in [6.45, 7) is 19.0. The number of nitrogens with zero attached hydrogens (tertiary/aromatic N) is 6. The number of aromatic nitrogens is 6. The summed E-state index contributed by atoms with van der Waals surface area (Å²) in [6, 6.07) is 26.0. The van der Waals surface area contributed by atoms with Crippen LogP contribution in [0.4, 0.5) is 13.2 Å². The van der Waals surface area contributed by atoms with E-state index in [0.717, 1.165) is 50.9 Å². The molecule has 2 N–H and O–H groups in total. The summed E-state index contributed by atoms with van der Waals surface area (Å²) in [5.74, 6) is 0. The number of hydrogen-bond acceptors (Lipinski definition) is 11. The van der Waals surface area contributed by atoms with Gasteiger partial charge in [0.15, 0.2) is 10.1 Å². The predicted octanol–water partition coefficient (Wildman–Crippen LogP) is 8.70. The zero-order chi connectivity index (χ0) is 44.1. The Kier molecular flexibility index (Phi) is 28.1. The van der Waals surface area contributed by atoms with Crippen LogP contribution in [0.3, 0.4) is 0 Å². The van der Waals surface area contributed by atoms with Gasteiger partial charge in [0.2, 0.25) is 0 Å². The zero-order valence-corrected chi connectivity index (χ0v) is 40.5. The molecule has 0 aliphatic rings. The SMILES string of the molecule is CC(C)O.CC(C)O.Cc1ccnc(-c2[c-]ccnc2C)c1.Cc1ccnc(-c2[c-]ccnc2C)c1.Cc1ccnc(-c2cccnc2C)c1.O=S(=O)([O-])C(F)(F)F.[Ir].[Ir]. The van der Waals surface area contributed by atoms with Crippen LogP contribution in [0.1, 0.15) is 61.5 Å². The average molecular weight is 1200 g/mol. The summed E-state index contributed by atoms with van der Waals surface area (Å²) in [6.07, 6.45) is 10.4. The van der Waals surface area contributed by atoms with Crippen molar-refractivity contribution in [3.05, 3.63) is 144 Å². The second-order valence-corrected chi connectivity index (χ2v) is 14.3. The molecule has 0 amide bonds. The first-order valence-corrected chi connectivity index (χ1v) is 19.2. The number of aliphatic hydroxyl groups excluding tert-OH is 2. The quantitative estimate of drug-likeness (QED) is 0.0986. The molecule has 17 heteroatoms. The van der Waals surface area contributed by atoms with Gasteiger partial charge in [0.05, 0.1) is 5.69 Å². The molecular formula is C43H50F3Ir2N6O5S-3. The fraction of sp³-hybridized carbons (Fsp3) is 0.302. The Morgan fingerprint density at radius 2 is 0.883 bits per heavy atom. The van der Waals surface area contributed by atoms with Crippen LogP contribution >= 0.6 is 0 Å². The van der Waals surface area contributed by atoms with Crippen LogP contribution < -0.4 is 0 Å². The molecule has 6 heterocycles. The number of rotatable bonds is 3. The van der Waals surface area contributed by atoms with Crippen molar-refractivity contribution in [2.75, 3.05) is 0 Å². The number of aryl methyl sites for hydroxylation is 6. The minimum Gasteiger partial charge on any atom is -0.741 e. The Morgan fingerprint density at radius 1 is 0.567 bits per heavy atom. The summed E-state index contributed by atoms with van der Waals surface area (Å²) in [5.41, 5.74) is 6.87. The van der Waals surface area contributed by atoms with Crippen LogP contribution in [0.5, 0.6) is 0 Å². The largest absolute Gasteiger partial charge is 0.741 e. The summed E-state index contributed by atoms with van der Waals surface area (Å²) < 4.78 is 58.9. The fourth-order valence-electron chi connectivity index (χ4n) is 4.18. The average Bonchev–Trinajstić information content (AvgIpc) is 3.12. The minimum absolute atomic E-state index is 0. The van der Waals surface area contributed by atoms with E-state index in [9.17, 15) is 13.2 Å². The van der Waals surface area contributed by atoms with Gasteiger partial charge >= 0.3 is 5.51 Å². The van der Waals surface area contributed by atoms with Crippen molar-refractivity contribution in [3.8, 4) is 33.8 Å². The number of alkyl halides is 3. The number of halogens is 3. The van der Waals surface area contributed by atoms with E-state index >= 15 is 0 Å². The molecule has 0 atom stereocenters. The summed E-state index contributed by atoms with van der Waals surface area (Å²) in [7, 11) is -6.09. The van der Waals surface area contributed by atoms with Crippen molar-refractivity contribution in [1.29, 1.82) is 0 Å². The third-order valence-electron chi connectivity index (χ3n) is 6.69.